The Hall–Kier alpha value is -3.23. The molecular formula is C18H23N5O4. The molecule has 0 unspecified atom stereocenters. The molecule has 1 aliphatic heterocycles. The lowest BCUT2D eigenvalue weighted by molar-refractivity contribution is 0.0672. The van der Waals surface area contributed by atoms with Crippen LogP contribution in [0.15, 0.2) is 49.9 Å². The van der Waals surface area contributed by atoms with Gasteiger partial charge in [-0.1, -0.05) is 41.5 Å². The molecule has 0 saturated carbocycles. The summed E-state index contributed by atoms with van der Waals surface area (Å²) < 4.78 is 5.53. The first-order valence-corrected chi connectivity index (χ1v) is 8.43. The van der Waals surface area contributed by atoms with Crippen LogP contribution in [0.2, 0.25) is 0 Å². The van der Waals surface area contributed by atoms with E-state index in [9.17, 15) is 0 Å². The number of rotatable bonds is 8. The van der Waals surface area contributed by atoms with E-state index in [-0.39, 0.29) is 5.90 Å². The quantitative estimate of drug-likeness (QED) is 0.516. The summed E-state index contributed by atoms with van der Waals surface area (Å²) in [6.45, 7) is 4.57. The fourth-order valence-corrected chi connectivity index (χ4v) is 2.27. The first-order valence-electron chi connectivity index (χ1n) is 8.43. The summed E-state index contributed by atoms with van der Waals surface area (Å²) in [5.41, 5.74) is 3.30. The Labute approximate surface area is 158 Å². The molecule has 0 spiro atoms. The van der Waals surface area contributed by atoms with E-state index in [1.54, 1.807) is 6.21 Å². The van der Waals surface area contributed by atoms with Gasteiger partial charge in [-0.2, -0.15) is 10.2 Å². The van der Waals surface area contributed by atoms with Crippen molar-refractivity contribution >= 4 is 29.2 Å². The van der Waals surface area contributed by atoms with Crippen molar-refractivity contribution in [2.75, 3.05) is 27.4 Å². The zero-order valence-corrected chi connectivity index (χ0v) is 15.9. The molecule has 2 rings (SSSR count). The summed E-state index contributed by atoms with van der Waals surface area (Å²) >= 11 is 0. The molecule has 1 heterocycles. The Morgan fingerprint density at radius 1 is 1.19 bits per heavy atom. The van der Waals surface area contributed by atoms with Crippen LogP contribution in [-0.2, 0) is 19.2 Å². The number of hydrogen-bond donors (Lipinski definition) is 0. The summed E-state index contributed by atoms with van der Waals surface area (Å²) in [6.07, 6.45) is 2.31. The van der Waals surface area contributed by atoms with Gasteiger partial charge in [0, 0.05) is 11.1 Å². The fraction of sp³-hybridized carbons (Fsp3) is 0.389. The minimum Gasteiger partial charge on any atom is -0.470 e. The lowest BCUT2D eigenvalue weighted by atomic mass is 10.0. The highest BCUT2D eigenvalue weighted by Gasteiger charge is 2.20. The average Bonchev–Trinajstić information content (AvgIpc) is 2.71. The molecule has 1 aromatic carbocycles. The highest BCUT2D eigenvalue weighted by atomic mass is 16.7. The molecule has 0 amide bonds. The third-order valence-electron chi connectivity index (χ3n) is 3.52. The highest BCUT2D eigenvalue weighted by molar-refractivity contribution is 6.46. The van der Waals surface area contributed by atoms with E-state index in [1.807, 2.05) is 38.1 Å². The van der Waals surface area contributed by atoms with Crippen molar-refractivity contribution in [1.82, 2.24) is 0 Å². The minimum atomic E-state index is 0.254. The van der Waals surface area contributed by atoms with Crippen LogP contribution >= 0.6 is 0 Å². The predicted molar refractivity (Wildman–Crippen MR) is 105 cm³/mol. The Bertz CT molecular complexity index is 784. The van der Waals surface area contributed by atoms with Gasteiger partial charge in [-0.05, 0) is 18.5 Å². The van der Waals surface area contributed by atoms with E-state index in [2.05, 4.69) is 25.7 Å². The molecule has 0 N–H and O–H groups in total. The van der Waals surface area contributed by atoms with Crippen molar-refractivity contribution in [2.24, 2.45) is 25.7 Å². The van der Waals surface area contributed by atoms with Crippen molar-refractivity contribution in [1.29, 1.82) is 0 Å². The standard InChI is InChI=1S/C18H23N5O4/c1-5-16(21-24-3)13(2)20-19-12-14-8-6-7-9-15(14)17(22-25-4)18-23-27-11-10-26-18/h6-9,12H,5,10-11H2,1-4H3. The Kier molecular flexibility index (Phi) is 7.95. The van der Waals surface area contributed by atoms with Gasteiger partial charge in [-0.3, -0.25) is 0 Å². The van der Waals surface area contributed by atoms with Gasteiger partial charge in [0.15, 0.2) is 12.3 Å². The van der Waals surface area contributed by atoms with Crippen LogP contribution in [-0.4, -0.2) is 56.7 Å². The predicted octanol–water partition coefficient (Wildman–Crippen LogP) is 2.60. The molecule has 0 aromatic heterocycles. The van der Waals surface area contributed by atoms with Crippen LogP contribution in [0.3, 0.4) is 0 Å². The molecule has 1 aromatic rings. The van der Waals surface area contributed by atoms with Crippen molar-refractivity contribution < 1.29 is 19.2 Å². The second-order valence-electron chi connectivity index (χ2n) is 5.29. The smallest absolute Gasteiger partial charge is 0.280 e. The fourth-order valence-electron chi connectivity index (χ4n) is 2.27. The maximum Gasteiger partial charge on any atom is 0.280 e. The monoisotopic (exact) mass is 373 g/mol. The lowest BCUT2D eigenvalue weighted by Crippen LogP contribution is -2.26. The number of hydrogen-bond acceptors (Lipinski definition) is 9. The zero-order valence-electron chi connectivity index (χ0n) is 15.9. The molecule has 27 heavy (non-hydrogen) atoms. The van der Waals surface area contributed by atoms with E-state index in [0.717, 1.165) is 16.8 Å². The molecule has 0 fully saturated rings. The summed E-state index contributed by atoms with van der Waals surface area (Å²) in [7, 11) is 2.95. The van der Waals surface area contributed by atoms with Crippen LogP contribution in [0.4, 0.5) is 0 Å². The van der Waals surface area contributed by atoms with Gasteiger partial charge >= 0.3 is 0 Å². The van der Waals surface area contributed by atoms with Gasteiger partial charge in [0.25, 0.3) is 5.90 Å². The summed E-state index contributed by atoms with van der Waals surface area (Å²) in [4.78, 5) is 14.9. The van der Waals surface area contributed by atoms with E-state index in [1.165, 1.54) is 14.2 Å². The maximum absolute atomic E-state index is 5.53. The number of ether oxygens (including phenoxy) is 1. The van der Waals surface area contributed by atoms with Crippen molar-refractivity contribution in [3.05, 3.63) is 35.4 Å². The molecule has 144 valence electrons. The third-order valence-corrected chi connectivity index (χ3v) is 3.52. The molecular weight excluding hydrogens is 350 g/mol. The number of benzene rings is 1. The Morgan fingerprint density at radius 2 is 1.96 bits per heavy atom. The van der Waals surface area contributed by atoms with E-state index < -0.39 is 0 Å². The van der Waals surface area contributed by atoms with Crippen LogP contribution in [0.5, 0.6) is 0 Å². The summed E-state index contributed by atoms with van der Waals surface area (Å²) in [5.74, 6) is 0.254. The first kappa shape index (κ1) is 20.1. The normalized spacial score (nSPS) is 15.9. The second-order valence-corrected chi connectivity index (χ2v) is 5.29. The molecule has 9 heteroatoms. The largest absolute Gasteiger partial charge is 0.470 e. The van der Waals surface area contributed by atoms with Gasteiger partial charge in [0.1, 0.15) is 26.5 Å². The van der Waals surface area contributed by atoms with Gasteiger partial charge in [0.05, 0.1) is 11.9 Å². The highest BCUT2D eigenvalue weighted by Crippen LogP contribution is 2.12. The molecule has 0 bridgehead atoms. The summed E-state index contributed by atoms with van der Waals surface area (Å²) in [6, 6.07) is 7.50. The van der Waals surface area contributed by atoms with E-state index in [0.29, 0.717) is 31.1 Å². The van der Waals surface area contributed by atoms with Crippen LogP contribution in [0.25, 0.3) is 0 Å². The van der Waals surface area contributed by atoms with Crippen LogP contribution in [0.1, 0.15) is 31.4 Å². The molecule has 0 radical (unpaired) electrons. The Morgan fingerprint density at radius 3 is 2.63 bits per heavy atom. The minimum absolute atomic E-state index is 0.254. The second kappa shape index (κ2) is 10.7. The molecule has 1 aliphatic rings. The van der Waals surface area contributed by atoms with Gasteiger partial charge in [0.2, 0.25) is 0 Å². The van der Waals surface area contributed by atoms with Gasteiger partial charge in [-0.25, -0.2) is 0 Å². The van der Waals surface area contributed by atoms with Gasteiger partial charge < -0.3 is 19.2 Å². The first-order chi connectivity index (χ1) is 13.2. The van der Waals surface area contributed by atoms with Crippen molar-refractivity contribution in [3.63, 3.8) is 0 Å². The van der Waals surface area contributed by atoms with E-state index >= 15 is 0 Å². The average molecular weight is 373 g/mol. The topological polar surface area (TPSA) is 98.7 Å². The van der Waals surface area contributed by atoms with Gasteiger partial charge in [-0.15, -0.1) is 0 Å². The van der Waals surface area contributed by atoms with Crippen LogP contribution in [0, 0.1) is 0 Å². The SMILES string of the molecule is CCC(=NOC)C(C)=NN=Cc1ccccc1C(=NOC)C1=NOCCO1. The molecule has 0 saturated heterocycles. The van der Waals surface area contributed by atoms with E-state index in [4.69, 9.17) is 19.2 Å². The Balaban J connectivity index is 2.33. The molecule has 0 aliphatic carbocycles. The van der Waals surface area contributed by atoms with Crippen molar-refractivity contribution in [2.45, 2.75) is 20.3 Å². The molecule has 0 atom stereocenters. The van der Waals surface area contributed by atoms with Crippen LogP contribution < -0.4 is 0 Å². The maximum atomic E-state index is 5.53. The zero-order chi connectivity index (χ0) is 19.5. The summed E-state index contributed by atoms with van der Waals surface area (Å²) in [5, 5.41) is 20.2. The third kappa shape index (κ3) is 5.63. The van der Waals surface area contributed by atoms with Crippen molar-refractivity contribution in [3.8, 4) is 0 Å². The lowest BCUT2D eigenvalue weighted by Gasteiger charge is -2.15. The number of oxime groups is 3. The molecule has 9 nitrogen and oxygen atoms in total. The number of nitrogens with zero attached hydrogens (tertiary/aromatic N) is 5.